The van der Waals surface area contributed by atoms with E-state index in [1.54, 1.807) is 6.07 Å². The van der Waals surface area contributed by atoms with Crippen LogP contribution in [0.25, 0.3) is 11.0 Å². The lowest BCUT2D eigenvalue weighted by molar-refractivity contribution is 0.288. The van der Waals surface area contributed by atoms with Crippen LogP contribution in [0.5, 0.6) is 5.75 Å². The van der Waals surface area contributed by atoms with E-state index in [4.69, 9.17) is 9.15 Å². The SMILES string of the molecule is CCCc1cc(=O)oc2c3c(ccc12)OCN(c1c(C)cc(C)cc1C)C3. The highest BCUT2D eigenvalue weighted by atomic mass is 16.5. The van der Waals surface area contributed by atoms with E-state index in [2.05, 4.69) is 44.7 Å². The molecule has 0 saturated heterocycles. The monoisotopic (exact) mass is 363 g/mol. The van der Waals surface area contributed by atoms with Gasteiger partial charge in [0.2, 0.25) is 0 Å². The van der Waals surface area contributed by atoms with Gasteiger partial charge >= 0.3 is 5.63 Å². The van der Waals surface area contributed by atoms with Crippen LogP contribution in [0.1, 0.15) is 41.2 Å². The van der Waals surface area contributed by atoms with E-state index in [9.17, 15) is 4.79 Å². The minimum Gasteiger partial charge on any atom is -0.473 e. The summed E-state index contributed by atoms with van der Waals surface area (Å²) in [5.41, 5.74) is 7.28. The van der Waals surface area contributed by atoms with Gasteiger partial charge in [-0.2, -0.15) is 0 Å². The summed E-state index contributed by atoms with van der Waals surface area (Å²) in [5, 5.41) is 1.01. The fraction of sp³-hybridized carbons (Fsp3) is 0.348. The maximum absolute atomic E-state index is 12.1. The summed E-state index contributed by atoms with van der Waals surface area (Å²) in [5.74, 6) is 0.804. The summed E-state index contributed by atoms with van der Waals surface area (Å²) in [6.07, 6.45) is 1.85. The van der Waals surface area contributed by atoms with Crippen molar-refractivity contribution in [3.8, 4) is 5.75 Å². The van der Waals surface area contributed by atoms with Crippen LogP contribution in [0.15, 0.2) is 39.5 Å². The number of rotatable bonds is 3. The van der Waals surface area contributed by atoms with E-state index in [1.807, 2.05) is 12.1 Å². The van der Waals surface area contributed by atoms with Crippen LogP contribution in [0.3, 0.4) is 0 Å². The van der Waals surface area contributed by atoms with Crippen LogP contribution in [0.4, 0.5) is 5.69 Å². The van der Waals surface area contributed by atoms with Crippen molar-refractivity contribution < 1.29 is 9.15 Å². The molecular weight excluding hydrogens is 338 g/mol. The summed E-state index contributed by atoms with van der Waals surface area (Å²) in [6, 6.07) is 10.0. The normalized spacial score (nSPS) is 13.6. The number of fused-ring (bicyclic) bond motifs is 3. The molecule has 140 valence electrons. The maximum atomic E-state index is 12.1. The van der Waals surface area contributed by atoms with Gasteiger partial charge in [-0.05, 0) is 56.0 Å². The minimum absolute atomic E-state index is 0.292. The Labute approximate surface area is 159 Å². The second-order valence-electron chi connectivity index (χ2n) is 7.48. The van der Waals surface area contributed by atoms with Crippen LogP contribution in [0, 0.1) is 20.8 Å². The van der Waals surface area contributed by atoms with Gasteiger partial charge in [0.1, 0.15) is 11.3 Å². The van der Waals surface area contributed by atoms with Gasteiger partial charge in [-0.25, -0.2) is 4.79 Å². The molecular formula is C23H25NO3. The molecule has 0 N–H and O–H groups in total. The average Bonchev–Trinajstić information content (AvgIpc) is 2.61. The molecule has 0 radical (unpaired) electrons. The highest BCUT2D eigenvalue weighted by Crippen LogP contribution is 2.37. The zero-order valence-electron chi connectivity index (χ0n) is 16.4. The maximum Gasteiger partial charge on any atom is 0.336 e. The summed E-state index contributed by atoms with van der Waals surface area (Å²) in [7, 11) is 0. The van der Waals surface area contributed by atoms with Crippen LogP contribution >= 0.6 is 0 Å². The van der Waals surface area contributed by atoms with Gasteiger partial charge in [0.15, 0.2) is 6.73 Å². The van der Waals surface area contributed by atoms with Crippen LogP contribution in [-0.2, 0) is 13.0 Å². The highest BCUT2D eigenvalue weighted by Gasteiger charge is 2.24. The quantitative estimate of drug-likeness (QED) is 0.612. The van der Waals surface area contributed by atoms with Crippen molar-refractivity contribution >= 4 is 16.7 Å². The van der Waals surface area contributed by atoms with E-state index in [0.29, 0.717) is 18.9 Å². The van der Waals surface area contributed by atoms with Crippen LogP contribution < -0.4 is 15.3 Å². The molecule has 4 rings (SSSR count). The van der Waals surface area contributed by atoms with E-state index in [-0.39, 0.29) is 5.63 Å². The standard InChI is InChI=1S/C23H25NO3/c1-5-6-17-11-21(25)27-23-18(17)7-8-20-19(23)12-24(13-26-20)22-15(3)9-14(2)10-16(22)4/h7-11H,5-6,12-13H2,1-4H3. The highest BCUT2D eigenvalue weighted by molar-refractivity contribution is 5.86. The molecule has 0 unspecified atom stereocenters. The molecule has 0 spiro atoms. The topological polar surface area (TPSA) is 42.7 Å². The largest absolute Gasteiger partial charge is 0.473 e. The van der Waals surface area contributed by atoms with Gasteiger partial charge in [0.25, 0.3) is 0 Å². The van der Waals surface area contributed by atoms with Crippen molar-refractivity contribution in [1.82, 2.24) is 0 Å². The predicted octanol–water partition coefficient (Wildman–Crippen LogP) is 5.03. The Morgan fingerprint density at radius 2 is 1.81 bits per heavy atom. The first kappa shape index (κ1) is 17.7. The molecule has 3 aromatic rings. The molecule has 0 fully saturated rings. The predicted molar refractivity (Wildman–Crippen MR) is 109 cm³/mol. The van der Waals surface area contributed by atoms with E-state index in [0.717, 1.165) is 35.1 Å². The van der Waals surface area contributed by atoms with Gasteiger partial charge in [-0.3, -0.25) is 0 Å². The number of hydrogen-bond donors (Lipinski definition) is 0. The number of benzene rings is 2. The zero-order valence-corrected chi connectivity index (χ0v) is 16.4. The van der Waals surface area contributed by atoms with Crippen molar-refractivity contribution in [3.05, 3.63) is 68.6 Å². The zero-order chi connectivity index (χ0) is 19.1. The fourth-order valence-corrected chi connectivity index (χ4v) is 4.29. The molecule has 0 bridgehead atoms. The second-order valence-corrected chi connectivity index (χ2v) is 7.48. The van der Waals surface area contributed by atoms with Gasteiger partial charge in [-0.1, -0.05) is 31.0 Å². The summed E-state index contributed by atoms with van der Waals surface area (Å²) >= 11 is 0. The number of nitrogens with zero attached hydrogens (tertiary/aromatic N) is 1. The van der Waals surface area contributed by atoms with Gasteiger partial charge in [-0.15, -0.1) is 0 Å². The summed E-state index contributed by atoms with van der Waals surface area (Å²) in [6.45, 7) is 9.65. The average molecular weight is 363 g/mol. The van der Waals surface area contributed by atoms with Crippen LogP contribution in [0.2, 0.25) is 0 Å². The van der Waals surface area contributed by atoms with E-state index >= 15 is 0 Å². The summed E-state index contributed by atoms with van der Waals surface area (Å²) in [4.78, 5) is 14.4. The lowest BCUT2D eigenvalue weighted by atomic mass is 10.00. The van der Waals surface area contributed by atoms with E-state index in [1.165, 1.54) is 22.4 Å². The Morgan fingerprint density at radius 3 is 2.52 bits per heavy atom. The van der Waals surface area contributed by atoms with Crippen LogP contribution in [-0.4, -0.2) is 6.73 Å². The van der Waals surface area contributed by atoms with Crippen molar-refractivity contribution in [1.29, 1.82) is 0 Å². The Morgan fingerprint density at radius 1 is 1.07 bits per heavy atom. The third-order valence-corrected chi connectivity index (χ3v) is 5.25. The molecule has 0 atom stereocenters. The molecule has 0 aliphatic carbocycles. The molecule has 1 aliphatic rings. The minimum atomic E-state index is -0.292. The first-order valence-electron chi connectivity index (χ1n) is 9.52. The van der Waals surface area contributed by atoms with Gasteiger partial charge in [0, 0.05) is 17.1 Å². The molecule has 4 heteroatoms. The number of hydrogen-bond acceptors (Lipinski definition) is 4. The molecule has 4 nitrogen and oxygen atoms in total. The number of ether oxygens (including phenoxy) is 1. The van der Waals surface area contributed by atoms with E-state index < -0.39 is 0 Å². The molecule has 27 heavy (non-hydrogen) atoms. The Bertz CT molecular complexity index is 1060. The smallest absolute Gasteiger partial charge is 0.336 e. The third-order valence-electron chi connectivity index (χ3n) is 5.25. The fourth-order valence-electron chi connectivity index (χ4n) is 4.29. The number of aryl methyl sites for hydroxylation is 4. The second kappa shape index (κ2) is 6.76. The molecule has 0 amide bonds. The van der Waals surface area contributed by atoms with Crippen molar-refractivity contribution in [2.45, 2.75) is 47.1 Å². The van der Waals surface area contributed by atoms with Crippen molar-refractivity contribution in [3.63, 3.8) is 0 Å². The molecule has 1 aromatic heterocycles. The van der Waals surface area contributed by atoms with Gasteiger partial charge in [0.05, 0.1) is 12.1 Å². The Hall–Kier alpha value is -2.75. The third kappa shape index (κ3) is 3.09. The summed E-state index contributed by atoms with van der Waals surface area (Å²) < 4.78 is 11.7. The Kier molecular flexibility index (Phi) is 4.42. The van der Waals surface area contributed by atoms with Gasteiger partial charge < -0.3 is 14.1 Å². The first-order valence-corrected chi connectivity index (χ1v) is 9.52. The first-order chi connectivity index (χ1) is 13.0. The lowest BCUT2D eigenvalue weighted by Crippen LogP contribution is -2.33. The lowest BCUT2D eigenvalue weighted by Gasteiger charge is -2.33. The van der Waals surface area contributed by atoms with Crippen molar-refractivity contribution in [2.24, 2.45) is 0 Å². The molecule has 1 aliphatic heterocycles. The molecule has 0 saturated carbocycles. The number of anilines is 1. The molecule has 2 aromatic carbocycles. The molecule has 2 heterocycles. The van der Waals surface area contributed by atoms with Crippen molar-refractivity contribution in [2.75, 3.05) is 11.6 Å². The Balaban J connectivity index is 1.84.